The molecule has 164 valence electrons. The number of carbonyl (C=O) groups is 2. The molecule has 1 fully saturated rings. The van der Waals surface area contributed by atoms with E-state index in [1.54, 1.807) is 17.2 Å². The number of anilines is 1. The van der Waals surface area contributed by atoms with Gasteiger partial charge < -0.3 is 10.1 Å². The van der Waals surface area contributed by atoms with Gasteiger partial charge in [-0.25, -0.2) is 9.78 Å². The topological polar surface area (TPSA) is 145 Å². The molecule has 0 aliphatic carbocycles. The number of nitroso groups, excluding NO2 is 1. The fourth-order valence-corrected chi connectivity index (χ4v) is 3.44. The van der Waals surface area contributed by atoms with Crippen LogP contribution < -0.4 is 10.2 Å². The average molecular weight is 436 g/mol. The summed E-state index contributed by atoms with van der Waals surface area (Å²) >= 11 is 0. The molecule has 12 nitrogen and oxygen atoms in total. The van der Waals surface area contributed by atoms with Crippen LogP contribution in [0.1, 0.15) is 18.3 Å². The van der Waals surface area contributed by atoms with Crippen LogP contribution in [0.2, 0.25) is 0 Å². The van der Waals surface area contributed by atoms with Crippen molar-refractivity contribution in [2.75, 3.05) is 18.0 Å². The molecule has 2 aromatic heterocycles. The van der Waals surface area contributed by atoms with Crippen LogP contribution >= 0.6 is 0 Å². The molecular formula is C20H20N8O4. The van der Waals surface area contributed by atoms with E-state index in [9.17, 15) is 14.5 Å². The summed E-state index contributed by atoms with van der Waals surface area (Å²) in [6.07, 6.45) is 0.842. The highest BCUT2D eigenvalue weighted by Gasteiger charge is 2.33. The Hall–Kier alpha value is -4.22. The number of nitrogens with zero attached hydrogens (tertiary/aromatic N) is 7. The molecule has 12 heteroatoms. The number of benzene rings is 1. The van der Waals surface area contributed by atoms with E-state index in [1.165, 1.54) is 11.6 Å². The van der Waals surface area contributed by atoms with Gasteiger partial charge in [0.15, 0.2) is 11.6 Å². The molecule has 32 heavy (non-hydrogen) atoms. The van der Waals surface area contributed by atoms with Crippen LogP contribution in [0.5, 0.6) is 0 Å². The predicted octanol–water partition coefficient (Wildman–Crippen LogP) is 1.76. The summed E-state index contributed by atoms with van der Waals surface area (Å²) in [5.41, 5.74) is 3.41. The van der Waals surface area contributed by atoms with E-state index in [-0.39, 0.29) is 19.0 Å². The largest absolute Gasteiger partial charge is 0.442 e. The van der Waals surface area contributed by atoms with Gasteiger partial charge in [-0.15, -0.1) is 5.10 Å². The second-order valence-electron chi connectivity index (χ2n) is 7.25. The molecule has 1 atom stereocenters. The Morgan fingerprint density at radius 1 is 1.28 bits per heavy atom. The van der Waals surface area contributed by atoms with E-state index in [2.05, 4.69) is 31.0 Å². The number of aryl methyl sites for hydroxylation is 1. The van der Waals surface area contributed by atoms with Gasteiger partial charge in [-0.05, 0) is 52.7 Å². The second-order valence-corrected chi connectivity index (χ2v) is 7.25. The summed E-state index contributed by atoms with van der Waals surface area (Å²) in [6, 6.07) is 9.32. The monoisotopic (exact) mass is 436 g/mol. The third kappa shape index (κ3) is 4.29. The molecule has 1 aliphatic rings. The summed E-state index contributed by atoms with van der Waals surface area (Å²) in [6.45, 7) is 3.82. The van der Waals surface area contributed by atoms with E-state index < -0.39 is 12.2 Å². The zero-order valence-electron chi connectivity index (χ0n) is 17.4. The Balaban J connectivity index is 1.51. The van der Waals surface area contributed by atoms with Crippen molar-refractivity contribution in [1.29, 1.82) is 0 Å². The Morgan fingerprint density at radius 2 is 2.09 bits per heavy atom. The standard InChI is InChI=1S/C20H20N8O4/c1-12-7-14(3-5-17(12)27-11-16(32-20(27)30)9-21-13(2)29)15-4-6-18(22-8-15)28-19(10-23-31)24-25-26-28/h3-8,16H,9-11H2,1-2H3,(H,21,29). The minimum Gasteiger partial charge on any atom is -0.442 e. The third-order valence-corrected chi connectivity index (χ3v) is 4.98. The molecule has 4 rings (SSSR count). The molecule has 1 N–H and O–H groups in total. The fraction of sp³-hybridized carbons (Fsp3) is 0.300. The zero-order valence-corrected chi connectivity index (χ0v) is 17.4. The zero-order chi connectivity index (χ0) is 22.7. The van der Waals surface area contributed by atoms with Crippen LogP contribution in [-0.2, 0) is 16.1 Å². The van der Waals surface area contributed by atoms with Gasteiger partial charge in [0.1, 0.15) is 12.6 Å². The van der Waals surface area contributed by atoms with Crippen molar-refractivity contribution >= 4 is 17.7 Å². The molecule has 1 unspecified atom stereocenters. The summed E-state index contributed by atoms with van der Waals surface area (Å²) in [7, 11) is 0. The number of aromatic nitrogens is 5. The quantitative estimate of drug-likeness (QED) is 0.552. The van der Waals surface area contributed by atoms with Gasteiger partial charge in [-0.1, -0.05) is 11.2 Å². The van der Waals surface area contributed by atoms with Crippen molar-refractivity contribution < 1.29 is 14.3 Å². The van der Waals surface area contributed by atoms with Crippen LogP contribution in [0.3, 0.4) is 0 Å². The lowest BCUT2D eigenvalue weighted by Crippen LogP contribution is -2.33. The van der Waals surface area contributed by atoms with Crippen molar-refractivity contribution in [3.63, 3.8) is 0 Å². The number of hydrogen-bond donors (Lipinski definition) is 1. The van der Waals surface area contributed by atoms with E-state index in [1.807, 2.05) is 31.2 Å². The Kier molecular flexibility index (Phi) is 5.83. The van der Waals surface area contributed by atoms with E-state index >= 15 is 0 Å². The van der Waals surface area contributed by atoms with E-state index in [0.717, 1.165) is 22.4 Å². The first-order valence-corrected chi connectivity index (χ1v) is 9.82. The van der Waals surface area contributed by atoms with Gasteiger partial charge in [0.2, 0.25) is 5.91 Å². The van der Waals surface area contributed by atoms with Gasteiger partial charge in [0.25, 0.3) is 0 Å². The van der Waals surface area contributed by atoms with Gasteiger partial charge >= 0.3 is 6.09 Å². The first-order chi connectivity index (χ1) is 15.5. The summed E-state index contributed by atoms with van der Waals surface area (Å²) < 4.78 is 6.70. The van der Waals surface area contributed by atoms with Gasteiger partial charge in [0, 0.05) is 18.7 Å². The summed E-state index contributed by atoms with van der Waals surface area (Å²) in [4.78, 5) is 39.9. The number of carbonyl (C=O) groups excluding carboxylic acids is 2. The number of nitrogens with one attached hydrogen (secondary N) is 1. The van der Waals surface area contributed by atoms with Crippen molar-refractivity contribution in [2.24, 2.45) is 5.18 Å². The summed E-state index contributed by atoms with van der Waals surface area (Å²) in [5.74, 6) is 0.599. The lowest BCUT2D eigenvalue weighted by Gasteiger charge is -2.17. The lowest BCUT2D eigenvalue weighted by atomic mass is 10.0. The minimum atomic E-state index is -0.440. The first-order valence-electron chi connectivity index (χ1n) is 9.82. The molecular weight excluding hydrogens is 416 g/mol. The number of amides is 2. The number of cyclic esters (lactones) is 1. The maximum absolute atomic E-state index is 12.3. The van der Waals surface area contributed by atoms with Crippen LogP contribution in [0.15, 0.2) is 41.7 Å². The van der Waals surface area contributed by atoms with Gasteiger partial charge in [-0.3, -0.25) is 9.69 Å². The Labute approximate surface area is 182 Å². The van der Waals surface area contributed by atoms with Crippen molar-refractivity contribution in [3.8, 4) is 16.9 Å². The highest BCUT2D eigenvalue weighted by molar-refractivity contribution is 5.91. The predicted molar refractivity (Wildman–Crippen MR) is 113 cm³/mol. The van der Waals surface area contributed by atoms with E-state index in [4.69, 9.17) is 4.74 Å². The highest BCUT2D eigenvalue weighted by atomic mass is 16.6. The van der Waals surface area contributed by atoms with Crippen molar-refractivity contribution in [3.05, 3.63) is 52.8 Å². The van der Waals surface area contributed by atoms with Gasteiger partial charge in [0.05, 0.1) is 18.8 Å². The Bertz CT molecular complexity index is 1160. The number of pyridine rings is 1. The van der Waals surface area contributed by atoms with Crippen LogP contribution in [-0.4, -0.2) is 56.4 Å². The molecule has 0 saturated carbocycles. The fourth-order valence-electron chi connectivity index (χ4n) is 3.44. The van der Waals surface area contributed by atoms with Crippen molar-refractivity contribution in [2.45, 2.75) is 26.5 Å². The molecule has 3 aromatic rings. The normalized spacial score (nSPS) is 15.5. The number of tetrazole rings is 1. The Morgan fingerprint density at radius 3 is 2.78 bits per heavy atom. The maximum Gasteiger partial charge on any atom is 0.414 e. The molecule has 1 aliphatic heterocycles. The molecule has 0 spiro atoms. The lowest BCUT2D eigenvalue weighted by molar-refractivity contribution is -0.119. The molecule has 1 saturated heterocycles. The number of ether oxygens (including phenoxy) is 1. The number of hydrogen-bond acceptors (Lipinski definition) is 9. The molecule has 3 heterocycles. The van der Waals surface area contributed by atoms with Crippen molar-refractivity contribution in [1.82, 2.24) is 30.5 Å². The second kappa shape index (κ2) is 8.88. The van der Waals surface area contributed by atoms with Crippen LogP contribution in [0, 0.1) is 11.8 Å². The molecule has 1 aromatic carbocycles. The average Bonchev–Trinajstić information content (AvgIpc) is 3.39. The van der Waals surface area contributed by atoms with Crippen LogP contribution in [0.4, 0.5) is 10.5 Å². The van der Waals surface area contributed by atoms with Gasteiger partial charge in [-0.2, -0.15) is 9.59 Å². The van der Waals surface area contributed by atoms with Crippen LogP contribution in [0.25, 0.3) is 16.9 Å². The summed E-state index contributed by atoms with van der Waals surface area (Å²) in [5, 5.41) is 16.6. The highest BCUT2D eigenvalue weighted by Crippen LogP contribution is 2.30. The molecule has 0 bridgehead atoms. The minimum absolute atomic E-state index is 0.151. The molecule has 2 amide bonds. The SMILES string of the molecule is CC(=O)NCC1CN(c2ccc(-c3ccc(-n4nnnc4CN=O)nc3)cc2C)C(=O)O1. The number of rotatable bonds is 7. The third-order valence-electron chi connectivity index (χ3n) is 4.98. The maximum atomic E-state index is 12.3. The van der Waals surface area contributed by atoms with E-state index in [0.29, 0.717) is 18.2 Å². The molecule has 0 radical (unpaired) electrons. The smallest absolute Gasteiger partial charge is 0.414 e. The first kappa shape index (κ1) is 21.0.